The van der Waals surface area contributed by atoms with Crippen molar-refractivity contribution in [1.82, 2.24) is 15.1 Å². The molecule has 0 saturated heterocycles. The van der Waals surface area contributed by atoms with E-state index in [4.69, 9.17) is 4.74 Å². The molecule has 1 aromatic carbocycles. The number of H-pyrrole nitrogens is 1. The number of carbonyl (C=O) groups is 2. The van der Waals surface area contributed by atoms with Gasteiger partial charge in [0.1, 0.15) is 5.54 Å². The third kappa shape index (κ3) is 3.79. The van der Waals surface area contributed by atoms with Gasteiger partial charge in [-0.2, -0.15) is 0 Å². The minimum Gasteiger partial charge on any atom is -0.464 e. The van der Waals surface area contributed by atoms with Crippen molar-refractivity contribution in [3.8, 4) is 0 Å². The number of esters is 1. The molecule has 8 nitrogen and oxygen atoms in total. The number of hydrogen-bond acceptors (Lipinski definition) is 5. The van der Waals surface area contributed by atoms with Crippen molar-refractivity contribution >= 4 is 22.6 Å². The van der Waals surface area contributed by atoms with Gasteiger partial charge in [0, 0.05) is 6.42 Å². The Morgan fingerprint density at radius 1 is 1.19 bits per heavy atom. The van der Waals surface area contributed by atoms with Gasteiger partial charge in [-0.3, -0.25) is 19.5 Å². The van der Waals surface area contributed by atoms with E-state index in [0.717, 1.165) is 17.5 Å². The van der Waals surface area contributed by atoms with E-state index in [1.165, 1.54) is 0 Å². The Hall–Kier alpha value is -2.90. The van der Waals surface area contributed by atoms with E-state index in [2.05, 4.69) is 10.4 Å². The summed E-state index contributed by atoms with van der Waals surface area (Å²) in [5.74, 6) is -0.766. The van der Waals surface area contributed by atoms with Crippen molar-refractivity contribution in [2.24, 2.45) is 0 Å². The van der Waals surface area contributed by atoms with Crippen molar-refractivity contribution < 1.29 is 14.3 Å². The molecule has 1 aliphatic carbocycles. The molecule has 1 heterocycles. The van der Waals surface area contributed by atoms with E-state index < -0.39 is 11.5 Å². The molecular formula is C19H23N3O5. The highest BCUT2D eigenvalue weighted by atomic mass is 16.5. The number of benzene rings is 1. The van der Waals surface area contributed by atoms with E-state index in [9.17, 15) is 19.2 Å². The summed E-state index contributed by atoms with van der Waals surface area (Å²) >= 11 is 0. The molecule has 3 rings (SSSR count). The molecule has 0 spiro atoms. The molecule has 1 amide bonds. The van der Waals surface area contributed by atoms with Gasteiger partial charge in [-0.15, -0.1) is 0 Å². The fourth-order valence-corrected chi connectivity index (χ4v) is 3.57. The van der Waals surface area contributed by atoms with Crippen molar-refractivity contribution in [3.05, 3.63) is 45.0 Å². The number of fused-ring (bicyclic) bond motifs is 1. The molecule has 0 atom stereocenters. The Labute approximate surface area is 155 Å². The molecule has 144 valence electrons. The van der Waals surface area contributed by atoms with E-state index in [1.54, 1.807) is 31.2 Å². The molecule has 1 saturated carbocycles. The van der Waals surface area contributed by atoms with Gasteiger partial charge in [0.25, 0.3) is 11.1 Å². The second kappa shape index (κ2) is 7.77. The first-order chi connectivity index (χ1) is 13.0. The first kappa shape index (κ1) is 18.9. The average Bonchev–Trinajstić information content (AvgIpc) is 3.13. The van der Waals surface area contributed by atoms with Crippen LogP contribution in [0.25, 0.3) is 10.8 Å². The highest BCUT2D eigenvalue weighted by Gasteiger charge is 2.43. The molecule has 8 heteroatoms. The monoisotopic (exact) mass is 373 g/mol. The van der Waals surface area contributed by atoms with Gasteiger partial charge in [-0.05, 0) is 31.9 Å². The van der Waals surface area contributed by atoms with E-state index >= 15 is 0 Å². The Morgan fingerprint density at radius 3 is 2.52 bits per heavy atom. The summed E-state index contributed by atoms with van der Waals surface area (Å²) in [7, 11) is 0. The van der Waals surface area contributed by atoms with Crippen LogP contribution in [0, 0.1) is 0 Å². The molecule has 0 aliphatic heterocycles. The standard InChI is InChI=1S/C19H23N3O5/c1-2-27-18(26)19(10-5-6-11-19)20-15(23)9-12-22-17(25)14-8-4-3-7-13(14)16(24)21-22/h3-4,7-8H,2,5-6,9-12H2,1H3,(H,20,23)(H,21,24). The lowest BCUT2D eigenvalue weighted by molar-refractivity contribution is -0.153. The first-order valence-corrected chi connectivity index (χ1v) is 9.17. The summed E-state index contributed by atoms with van der Waals surface area (Å²) < 4.78 is 6.25. The van der Waals surface area contributed by atoms with Gasteiger partial charge in [0.05, 0.1) is 23.9 Å². The van der Waals surface area contributed by atoms with Gasteiger partial charge in [-0.1, -0.05) is 25.0 Å². The predicted molar refractivity (Wildman–Crippen MR) is 99.4 cm³/mol. The fraction of sp³-hybridized carbons (Fsp3) is 0.474. The van der Waals surface area contributed by atoms with Crippen LogP contribution in [-0.2, 0) is 20.9 Å². The zero-order chi connectivity index (χ0) is 19.4. The molecule has 27 heavy (non-hydrogen) atoms. The maximum Gasteiger partial charge on any atom is 0.331 e. The lowest BCUT2D eigenvalue weighted by atomic mass is 9.97. The Kier molecular flexibility index (Phi) is 5.43. The number of aryl methyl sites for hydroxylation is 1. The van der Waals surface area contributed by atoms with Gasteiger partial charge >= 0.3 is 5.97 Å². The fourth-order valence-electron chi connectivity index (χ4n) is 3.57. The van der Waals surface area contributed by atoms with Crippen molar-refractivity contribution in [3.63, 3.8) is 0 Å². The molecule has 1 aromatic heterocycles. The maximum atomic E-state index is 12.5. The van der Waals surface area contributed by atoms with Crippen LogP contribution in [0.2, 0.25) is 0 Å². The largest absolute Gasteiger partial charge is 0.464 e. The smallest absolute Gasteiger partial charge is 0.331 e. The number of aromatic amines is 1. The Morgan fingerprint density at radius 2 is 1.85 bits per heavy atom. The SMILES string of the molecule is CCOC(=O)C1(NC(=O)CCn2[nH]c(=O)c3ccccc3c2=O)CCCC1. The Bertz CT molecular complexity index is 969. The highest BCUT2D eigenvalue weighted by Crippen LogP contribution is 2.31. The van der Waals surface area contributed by atoms with Crippen molar-refractivity contribution in [2.75, 3.05) is 6.61 Å². The highest BCUT2D eigenvalue weighted by molar-refractivity contribution is 5.88. The average molecular weight is 373 g/mol. The molecule has 0 unspecified atom stereocenters. The quantitative estimate of drug-likeness (QED) is 0.736. The summed E-state index contributed by atoms with van der Waals surface area (Å²) in [4.78, 5) is 49.3. The van der Waals surface area contributed by atoms with E-state index in [1.807, 2.05) is 0 Å². The van der Waals surface area contributed by atoms with E-state index in [-0.39, 0.29) is 36.6 Å². The summed E-state index contributed by atoms with van der Waals surface area (Å²) in [5, 5.41) is 5.92. The predicted octanol–water partition coefficient (Wildman–Crippen LogP) is 1.07. The maximum absolute atomic E-state index is 12.5. The Balaban J connectivity index is 1.73. The van der Waals surface area contributed by atoms with Crippen LogP contribution in [0.5, 0.6) is 0 Å². The van der Waals surface area contributed by atoms with Crippen LogP contribution in [0.4, 0.5) is 0 Å². The van der Waals surface area contributed by atoms with Crippen LogP contribution < -0.4 is 16.4 Å². The topological polar surface area (TPSA) is 110 Å². The minimum atomic E-state index is -0.977. The van der Waals surface area contributed by atoms with E-state index in [0.29, 0.717) is 23.6 Å². The number of carbonyl (C=O) groups excluding carboxylic acids is 2. The summed E-state index contributed by atoms with van der Waals surface area (Å²) in [6.07, 6.45) is 2.75. The summed E-state index contributed by atoms with van der Waals surface area (Å²) in [6.45, 7) is 2.00. The van der Waals surface area contributed by atoms with Gasteiger partial charge in [0.15, 0.2) is 0 Å². The van der Waals surface area contributed by atoms with Crippen LogP contribution in [0.1, 0.15) is 39.0 Å². The lowest BCUT2D eigenvalue weighted by Crippen LogP contribution is -2.53. The van der Waals surface area contributed by atoms with Crippen LogP contribution >= 0.6 is 0 Å². The molecular weight excluding hydrogens is 350 g/mol. The molecule has 0 bridgehead atoms. The first-order valence-electron chi connectivity index (χ1n) is 9.17. The normalized spacial score (nSPS) is 15.6. The zero-order valence-corrected chi connectivity index (χ0v) is 15.2. The number of hydrogen-bond donors (Lipinski definition) is 2. The van der Waals surface area contributed by atoms with Crippen LogP contribution in [0.3, 0.4) is 0 Å². The van der Waals surface area contributed by atoms with Gasteiger partial charge in [-0.25, -0.2) is 9.48 Å². The second-order valence-corrected chi connectivity index (χ2v) is 6.75. The van der Waals surface area contributed by atoms with Crippen LogP contribution in [-0.4, -0.2) is 33.8 Å². The minimum absolute atomic E-state index is 0.0175. The number of nitrogens with one attached hydrogen (secondary N) is 2. The third-order valence-electron chi connectivity index (χ3n) is 4.95. The van der Waals surface area contributed by atoms with Gasteiger partial charge < -0.3 is 10.1 Å². The van der Waals surface area contributed by atoms with Crippen LogP contribution in [0.15, 0.2) is 33.9 Å². The molecule has 2 N–H and O–H groups in total. The lowest BCUT2D eigenvalue weighted by Gasteiger charge is -2.27. The molecule has 2 aromatic rings. The molecule has 0 radical (unpaired) electrons. The number of ether oxygens (including phenoxy) is 1. The summed E-state index contributed by atoms with van der Waals surface area (Å²) in [5.41, 5.74) is -1.72. The van der Waals surface area contributed by atoms with Gasteiger partial charge in [0.2, 0.25) is 5.91 Å². The third-order valence-corrected chi connectivity index (χ3v) is 4.95. The summed E-state index contributed by atoms with van der Waals surface area (Å²) in [6, 6.07) is 6.53. The zero-order valence-electron chi connectivity index (χ0n) is 15.2. The second-order valence-electron chi connectivity index (χ2n) is 6.75. The number of amides is 1. The number of nitrogens with zero attached hydrogens (tertiary/aromatic N) is 1. The number of aromatic nitrogens is 2. The molecule has 1 fully saturated rings. The van der Waals surface area contributed by atoms with Crippen molar-refractivity contribution in [1.29, 1.82) is 0 Å². The van der Waals surface area contributed by atoms with Crippen molar-refractivity contribution in [2.45, 2.75) is 51.1 Å². The number of rotatable bonds is 6. The molecule has 1 aliphatic rings.